The number of hydrogen-bond acceptors (Lipinski definition) is 3. The summed E-state index contributed by atoms with van der Waals surface area (Å²) in [7, 11) is 0. The average Bonchev–Trinajstić information content (AvgIpc) is 2.43. The quantitative estimate of drug-likeness (QED) is 0.392. The Morgan fingerprint density at radius 1 is 1.15 bits per heavy atom. The minimum Gasteiger partial charge on any atom is -0.409 e. The van der Waals surface area contributed by atoms with Crippen LogP contribution in [0.3, 0.4) is 0 Å². The Hall–Kier alpha value is -2.01. The van der Waals surface area contributed by atoms with E-state index < -0.39 is 5.82 Å². The molecular weight excluding hydrogens is 275 g/mol. The third kappa shape index (κ3) is 3.11. The van der Waals surface area contributed by atoms with E-state index in [0.717, 1.165) is 20.9 Å². The molecule has 0 aliphatic heterocycles. The van der Waals surface area contributed by atoms with Crippen LogP contribution < -0.4 is 5.73 Å². The predicted molar refractivity (Wildman–Crippen MR) is 78.9 cm³/mol. The van der Waals surface area contributed by atoms with Crippen molar-refractivity contribution >= 4 is 17.6 Å². The molecule has 0 fully saturated rings. The summed E-state index contributed by atoms with van der Waals surface area (Å²) in [6, 6.07) is 10.4. The van der Waals surface area contributed by atoms with Gasteiger partial charge in [-0.3, -0.25) is 0 Å². The molecule has 0 aromatic heterocycles. The summed E-state index contributed by atoms with van der Waals surface area (Å²) in [6.07, 6.45) is 0. The summed E-state index contributed by atoms with van der Waals surface area (Å²) >= 11 is 1.47. The van der Waals surface area contributed by atoms with Crippen LogP contribution in [-0.4, -0.2) is 11.0 Å². The lowest BCUT2D eigenvalue weighted by atomic mass is 10.2. The highest BCUT2D eigenvalue weighted by Crippen LogP contribution is 2.33. The number of hydrogen-bond donors (Lipinski definition) is 2. The average molecular weight is 290 g/mol. The van der Waals surface area contributed by atoms with Crippen molar-refractivity contribution < 1.29 is 9.60 Å². The van der Waals surface area contributed by atoms with Gasteiger partial charge in [0.25, 0.3) is 0 Å². The molecule has 0 heterocycles. The molecule has 0 amide bonds. The molecule has 0 bridgehead atoms. The van der Waals surface area contributed by atoms with E-state index in [-0.39, 0.29) is 5.84 Å². The Bertz CT molecular complexity index is 671. The Balaban J connectivity index is 2.46. The second kappa shape index (κ2) is 5.96. The van der Waals surface area contributed by atoms with E-state index in [9.17, 15) is 4.39 Å². The van der Waals surface area contributed by atoms with E-state index >= 15 is 0 Å². The van der Waals surface area contributed by atoms with Crippen LogP contribution in [0.5, 0.6) is 0 Å². The number of amidine groups is 1. The molecular formula is C15H15FN2OS. The van der Waals surface area contributed by atoms with Crippen molar-refractivity contribution in [3.05, 3.63) is 58.9 Å². The molecule has 0 aliphatic rings. The molecule has 3 N–H and O–H groups in total. The van der Waals surface area contributed by atoms with Crippen LogP contribution in [0.15, 0.2) is 51.3 Å². The number of benzene rings is 2. The third-order valence-corrected chi connectivity index (χ3v) is 4.12. The summed E-state index contributed by atoms with van der Waals surface area (Å²) in [5, 5.41) is 11.8. The Morgan fingerprint density at radius 3 is 2.60 bits per heavy atom. The third-order valence-electron chi connectivity index (χ3n) is 2.89. The van der Waals surface area contributed by atoms with Crippen LogP contribution >= 0.6 is 11.8 Å². The van der Waals surface area contributed by atoms with Gasteiger partial charge in [0.15, 0.2) is 5.84 Å². The molecule has 0 saturated heterocycles. The maximum atomic E-state index is 13.3. The fraction of sp³-hybridized carbons (Fsp3) is 0.133. The fourth-order valence-electron chi connectivity index (χ4n) is 1.78. The number of nitrogens with two attached hydrogens (primary N) is 1. The van der Waals surface area contributed by atoms with Gasteiger partial charge in [-0.05, 0) is 49.2 Å². The molecule has 104 valence electrons. The van der Waals surface area contributed by atoms with Crippen molar-refractivity contribution in [1.82, 2.24) is 0 Å². The first kappa shape index (κ1) is 14.4. The molecule has 2 aromatic carbocycles. The maximum absolute atomic E-state index is 13.3. The molecule has 3 nitrogen and oxygen atoms in total. The number of aryl methyl sites for hydroxylation is 2. The highest BCUT2D eigenvalue weighted by molar-refractivity contribution is 7.99. The molecule has 0 atom stereocenters. The van der Waals surface area contributed by atoms with Gasteiger partial charge in [-0.2, -0.15) is 0 Å². The van der Waals surface area contributed by atoms with E-state index in [0.29, 0.717) is 5.56 Å². The summed E-state index contributed by atoms with van der Waals surface area (Å²) in [5.41, 5.74) is 8.26. The van der Waals surface area contributed by atoms with Crippen molar-refractivity contribution in [3.8, 4) is 0 Å². The number of oxime groups is 1. The minimum absolute atomic E-state index is 0.0997. The van der Waals surface area contributed by atoms with E-state index in [2.05, 4.69) is 11.2 Å². The largest absolute Gasteiger partial charge is 0.409 e. The number of halogens is 1. The van der Waals surface area contributed by atoms with Crippen LogP contribution in [-0.2, 0) is 0 Å². The van der Waals surface area contributed by atoms with Crippen molar-refractivity contribution in [2.24, 2.45) is 10.9 Å². The van der Waals surface area contributed by atoms with Crippen molar-refractivity contribution in [2.75, 3.05) is 0 Å². The van der Waals surface area contributed by atoms with Crippen LogP contribution in [0, 0.1) is 19.7 Å². The van der Waals surface area contributed by atoms with Crippen molar-refractivity contribution in [2.45, 2.75) is 23.6 Å². The molecule has 0 saturated carbocycles. The first-order chi connectivity index (χ1) is 9.51. The highest BCUT2D eigenvalue weighted by Gasteiger charge is 2.11. The molecule has 0 spiro atoms. The monoisotopic (exact) mass is 290 g/mol. The first-order valence-electron chi connectivity index (χ1n) is 6.04. The first-order valence-corrected chi connectivity index (χ1v) is 6.85. The van der Waals surface area contributed by atoms with Gasteiger partial charge in [-0.15, -0.1) is 0 Å². The zero-order valence-corrected chi connectivity index (χ0v) is 12.0. The molecule has 20 heavy (non-hydrogen) atoms. The highest BCUT2D eigenvalue weighted by atomic mass is 32.2. The second-order valence-electron chi connectivity index (χ2n) is 4.50. The van der Waals surface area contributed by atoms with Crippen molar-refractivity contribution in [3.63, 3.8) is 0 Å². The van der Waals surface area contributed by atoms with Gasteiger partial charge in [-0.1, -0.05) is 29.1 Å². The normalized spacial score (nSPS) is 11.7. The van der Waals surface area contributed by atoms with Gasteiger partial charge in [-0.25, -0.2) is 4.39 Å². The lowest BCUT2D eigenvalue weighted by molar-refractivity contribution is 0.318. The van der Waals surface area contributed by atoms with Gasteiger partial charge in [0, 0.05) is 15.4 Å². The van der Waals surface area contributed by atoms with E-state index in [4.69, 9.17) is 10.9 Å². The smallest absolute Gasteiger partial charge is 0.171 e. The van der Waals surface area contributed by atoms with Crippen molar-refractivity contribution in [1.29, 1.82) is 0 Å². The topological polar surface area (TPSA) is 58.6 Å². The Kier molecular flexibility index (Phi) is 4.29. The van der Waals surface area contributed by atoms with E-state index in [1.165, 1.54) is 23.9 Å². The number of rotatable bonds is 3. The second-order valence-corrected chi connectivity index (χ2v) is 5.58. The van der Waals surface area contributed by atoms with Crippen LogP contribution in [0.4, 0.5) is 4.39 Å². The molecule has 2 aromatic rings. The summed E-state index contributed by atoms with van der Waals surface area (Å²) in [6.45, 7) is 4.02. The zero-order valence-electron chi connectivity index (χ0n) is 11.2. The summed E-state index contributed by atoms with van der Waals surface area (Å²) < 4.78 is 13.3. The van der Waals surface area contributed by atoms with Gasteiger partial charge in [0.2, 0.25) is 0 Å². The summed E-state index contributed by atoms with van der Waals surface area (Å²) in [5.74, 6) is -0.519. The molecule has 5 heteroatoms. The maximum Gasteiger partial charge on any atom is 0.171 e. The molecule has 0 unspecified atom stereocenters. The Labute approximate surface area is 121 Å². The number of nitrogens with zero attached hydrogens (tertiary/aromatic N) is 1. The van der Waals surface area contributed by atoms with Crippen LogP contribution in [0.2, 0.25) is 0 Å². The molecule has 0 aliphatic carbocycles. The minimum atomic E-state index is -0.420. The predicted octanol–water partition coefficient (Wildman–Crippen LogP) is 3.69. The molecule has 2 rings (SSSR count). The van der Waals surface area contributed by atoms with Crippen LogP contribution in [0.1, 0.15) is 16.7 Å². The van der Waals surface area contributed by atoms with Gasteiger partial charge < -0.3 is 10.9 Å². The van der Waals surface area contributed by atoms with E-state index in [1.807, 2.05) is 26.0 Å². The van der Waals surface area contributed by atoms with Gasteiger partial charge in [0.05, 0.1) is 0 Å². The standard InChI is InChI=1S/C15H15FN2OS/c1-9-3-4-10(2)14(7-9)20-13-6-5-11(16)8-12(13)15(17)18-19/h3-8,19H,1-2H3,(H2,17,18). The SMILES string of the molecule is Cc1ccc(C)c(Sc2ccc(F)cc2C(N)=NO)c1. The van der Waals surface area contributed by atoms with E-state index in [1.54, 1.807) is 6.07 Å². The lowest BCUT2D eigenvalue weighted by Gasteiger charge is -2.10. The summed E-state index contributed by atoms with van der Waals surface area (Å²) in [4.78, 5) is 1.80. The Morgan fingerprint density at radius 2 is 1.90 bits per heavy atom. The van der Waals surface area contributed by atoms with Crippen LogP contribution in [0.25, 0.3) is 0 Å². The van der Waals surface area contributed by atoms with Gasteiger partial charge >= 0.3 is 0 Å². The molecule has 0 radical (unpaired) electrons. The zero-order chi connectivity index (χ0) is 14.7. The fourth-order valence-corrected chi connectivity index (χ4v) is 2.90. The van der Waals surface area contributed by atoms with Gasteiger partial charge in [0.1, 0.15) is 5.82 Å². The lowest BCUT2D eigenvalue weighted by Crippen LogP contribution is -2.14.